The van der Waals surface area contributed by atoms with E-state index in [1.165, 1.54) is 0 Å². The van der Waals surface area contributed by atoms with Crippen molar-refractivity contribution in [2.24, 2.45) is 5.92 Å². The maximum Gasteiger partial charge on any atom is 0.307 e. The number of carboxylic acids is 1. The van der Waals surface area contributed by atoms with Gasteiger partial charge in [0.1, 0.15) is 0 Å². The van der Waals surface area contributed by atoms with Gasteiger partial charge in [0.25, 0.3) is 0 Å². The molecule has 3 heteroatoms. The molecule has 1 N–H and O–H groups in total. The normalized spacial score (nSPS) is 25.6. The van der Waals surface area contributed by atoms with Crippen molar-refractivity contribution in [1.29, 1.82) is 0 Å². The SMILES string of the molecule is O=C(O)C1CC1c1ccc(P)cc1. The highest BCUT2D eigenvalue weighted by Gasteiger charge is 2.43. The van der Waals surface area contributed by atoms with Gasteiger partial charge in [-0.25, -0.2) is 0 Å². The number of rotatable bonds is 2. The topological polar surface area (TPSA) is 37.3 Å². The van der Waals surface area contributed by atoms with E-state index in [0.29, 0.717) is 0 Å². The first-order valence-corrected chi connectivity index (χ1v) is 4.84. The second-order valence-corrected chi connectivity index (χ2v) is 4.12. The third kappa shape index (κ3) is 1.73. The molecule has 0 heterocycles. The first kappa shape index (κ1) is 8.71. The minimum absolute atomic E-state index is 0.143. The zero-order valence-electron chi connectivity index (χ0n) is 7.10. The average Bonchev–Trinajstić information content (AvgIpc) is 2.85. The highest BCUT2D eigenvalue weighted by atomic mass is 31.0. The largest absolute Gasteiger partial charge is 0.481 e. The fraction of sp³-hybridized carbons (Fsp3) is 0.300. The highest BCUT2D eigenvalue weighted by Crippen LogP contribution is 2.47. The van der Waals surface area contributed by atoms with Crippen LogP contribution in [0.25, 0.3) is 0 Å². The molecule has 1 aliphatic rings. The Hall–Kier alpha value is -0.880. The van der Waals surface area contributed by atoms with E-state index >= 15 is 0 Å². The fourth-order valence-electron chi connectivity index (χ4n) is 1.58. The summed E-state index contributed by atoms with van der Waals surface area (Å²) < 4.78 is 0. The number of hydrogen-bond acceptors (Lipinski definition) is 1. The van der Waals surface area contributed by atoms with Gasteiger partial charge in [0.2, 0.25) is 0 Å². The van der Waals surface area contributed by atoms with Crippen LogP contribution in [0.2, 0.25) is 0 Å². The zero-order valence-corrected chi connectivity index (χ0v) is 8.26. The van der Waals surface area contributed by atoms with Gasteiger partial charge in [-0.15, -0.1) is 9.24 Å². The maximum atomic E-state index is 10.6. The Bertz CT molecular complexity index is 331. The van der Waals surface area contributed by atoms with E-state index in [9.17, 15) is 4.79 Å². The second kappa shape index (κ2) is 3.12. The van der Waals surface area contributed by atoms with Crippen LogP contribution in [0, 0.1) is 5.92 Å². The van der Waals surface area contributed by atoms with Gasteiger partial charge >= 0.3 is 5.97 Å². The molecule has 1 saturated carbocycles. The maximum absolute atomic E-state index is 10.6. The lowest BCUT2D eigenvalue weighted by Gasteiger charge is -1.98. The van der Waals surface area contributed by atoms with Crippen molar-refractivity contribution in [2.75, 3.05) is 0 Å². The monoisotopic (exact) mass is 194 g/mol. The van der Waals surface area contributed by atoms with Crippen molar-refractivity contribution >= 4 is 20.5 Å². The van der Waals surface area contributed by atoms with Crippen molar-refractivity contribution in [1.82, 2.24) is 0 Å². The molecular formula is C10H11O2P. The molecule has 0 saturated heterocycles. The Kier molecular flexibility index (Phi) is 2.09. The first-order valence-electron chi connectivity index (χ1n) is 4.26. The molecule has 0 aliphatic heterocycles. The standard InChI is InChI=1S/C10H11O2P/c11-10(12)9-5-8(9)6-1-3-7(13)4-2-6/h1-4,8-9H,5,13H2,(H,11,12). The molecule has 2 nitrogen and oxygen atoms in total. The van der Waals surface area contributed by atoms with Crippen LogP contribution in [-0.4, -0.2) is 11.1 Å². The quantitative estimate of drug-likeness (QED) is 0.722. The lowest BCUT2D eigenvalue weighted by atomic mass is 10.1. The van der Waals surface area contributed by atoms with E-state index in [1.807, 2.05) is 24.3 Å². The van der Waals surface area contributed by atoms with Gasteiger partial charge < -0.3 is 5.11 Å². The van der Waals surface area contributed by atoms with Gasteiger partial charge in [-0.05, 0) is 23.2 Å². The molecule has 0 amide bonds. The molecule has 0 bridgehead atoms. The van der Waals surface area contributed by atoms with Crippen LogP contribution >= 0.6 is 9.24 Å². The molecule has 68 valence electrons. The van der Waals surface area contributed by atoms with Gasteiger partial charge in [0, 0.05) is 0 Å². The number of carboxylic acid groups (broad SMARTS) is 1. The Labute approximate surface area is 79.2 Å². The summed E-state index contributed by atoms with van der Waals surface area (Å²) in [6.45, 7) is 0. The minimum atomic E-state index is -0.667. The molecule has 3 unspecified atom stereocenters. The summed E-state index contributed by atoms with van der Waals surface area (Å²) in [5.74, 6) is -0.557. The van der Waals surface area contributed by atoms with E-state index in [-0.39, 0.29) is 11.8 Å². The van der Waals surface area contributed by atoms with Crippen molar-refractivity contribution in [3.05, 3.63) is 29.8 Å². The van der Waals surface area contributed by atoms with Gasteiger partial charge in [0.15, 0.2) is 0 Å². The molecule has 0 radical (unpaired) electrons. The lowest BCUT2D eigenvalue weighted by Crippen LogP contribution is -1.99. The van der Waals surface area contributed by atoms with E-state index in [0.717, 1.165) is 17.3 Å². The van der Waals surface area contributed by atoms with Crippen molar-refractivity contribution < 1.29 is 9.90 Å². The van der Waals surface area contributed by atoms with Crippen LogP contribution < -0.4 is 5.30 Å². The van der Waals surface area contributed by atoms with Crippen LogP contribution in [-0.2, 0) is 4.79 Å². The number of carbonyl (C=O) groups is 1. The average molecular weight is 194 g/mol. The van der Waals surface area contributed by atoms with E-state index in [4.69, 9.17) is 5.11 Å². The molecule has 3 atom stereocenters. The van der Waals surface area contributed by atoms with Crippen LogP contribution in [0.3, 0.4) is 0 Å². The Morgan fingerprint density at radius 2 is 2.00 bits per heavy atom. The molecule has 2 rings (SSSR count). The summed E-state index contributed by atoms with van der Waals surface area (Å²) in [6.07, 6.45) is 0.797. The van der Waals surface area contributed by atoms with Crippen molar-refractivity contribution in [2.45, 2.75) is 12.3 Å². The van der Waals surface area contributed by atoms with Crippen molar-refractivity contribution in [3.63, 3.8) is 0 Å². The van der Waals surface area contributed by atoms with E-state index < -0.39 is 5.97 Å². The van der Waals surface area contributed by atoms with Crippen LogP contribution in [0.1, 0.15) is 17.9 Å². The smallest absolute Gasteiger partial charge is 0.307 e. The summed E-state index contributed by atoms with van der Waals surface area (Å²) in [5, 5.41) is 9.87. The third-order valence-corrected chi connectivity index (χ3v) is 2.86. The Morgan fingerprint density at radius 1 is 1.38 bits per heavy atom. The van der Waals surface area contributed by atoms with E-state index in [1.54, 1.807) is 0 Å². The lowest BCUT2D eigenvalue weighted by molar-refractivity contribution is -0.138. The summed E-state index contributed by atoms with van der Waals surface area (Å²) in [4.78, 5) is 10.6. The van der Waals surface area contributed by atoms with Crippen LogP contribution in [0.5, 0.6) is 0 Å². The zero-order chi connectivity index (χ0) is 9.42. The Morgan fingerprint density at radius 3 is 2.46 bits per heavy atom. The predicted octanol–water partition coefficient (Wildman–Crippen LogP) is 1.38. The van der Waals surface area contributed by atoms with Crippen LogP contribution in [0.15, 0.2) is 24.3 Å². The molecule has 0 spiro atoms. The molecule has 1 aromatic rings. The molecule has 0 aromatic heterocycles. The number of benzene rings is 1. The molecule has 1 fully saturated rings. The molecule has 13 heavy (non-hydrogen) atoms. The molecule has 1 aliphatic carbocycles. The number of aliphatic carboxylic acids is 1. The minimum Gasteiger partial charge on any atom is -0.481 e. The Balaban J connectivity index is 2.12. The van der Waals surface area contributed by atoms with Gasteiger partial charge in [-0.3, -0.25) is 4.79 Å². The van der Waals surface area contributed by atoms with Crippen molar-refractivity contribution in [3.8, 4) is 0 Å². The summed E-state index contributed by atoms with van der Waals surface area (Å²) in [7, 11) is 2.62. The first-order chi connectivity index (χ1) is 6.18. The molecule has 1 aromatic carbocycles. The van der Waals surface area contributed by atoms with Crippen LogP contribution in [0.4, 0.5) is 0 Å². The van der Waals surface area contributed by atoms with Gasteiger partial charge in [-0.2, -0.15) is 0 Å². The summed E-state index contributed by atoms with van der Waals surface area (Å²) >= 11 is 0. The predicted molar refractivity (Wildman–Crippen MR) is 54.3 cm³/mol. The molecular weight excluding hydrogens is 183 g/mol. The van der Waals surface area contributed by atoms with Gasteiger partial charge in [-0.1, -0.05) is 24.3 Å². The second-order valence-electron chi connectivity index (χ2n) is 3.45. The number of hydrogen-bond donors (Lipinski definition) is 1. The van der Waals surface area contributed by atoms with Gasteiger partial charge in [0.05, 0.1) is 5.92 Å². The van der Waals surface area contributed by atoms with E-state index in [2.05, 4.69) is 9.24 Å². The third-order valence-electron chi connectivity index (χ3n) is 2.47. The summed E-state index contributed by atoms with van der Waals surface area (Å²) in [6, 6.07) is 8.01. The fourth-order valence-corrected chi connectivity index (χ4v) is 1.77. The highest BCUT2D eigenvalue weighted by molar-refractivity contribution is 7.27. The summed E-state index contributed by atoms with van der Waals surface area (Å²) in [5.41, 5.74) is 1.15.